The van der Waals surface area contributed by atoms with E-state index >= 15 is 0 Å². The molecule has 0 amide bonds. The molecule has 0 fully saturated rings. The molecule has 0 aliphatic heterocycles. The average Bonchev–Trinajstić information content (AvgIpc) is 3.51. The lowest BCUT2D eigenvalue weighted by Gasteiger charge is -2.11. The van der Waals surface area contributed by atoms with Crippen molar-refractivity contribution in [3.8, 4) is 34.4 Å². The lowest BCUT2D eigenvalue weighted by atomic mass is 10.2. The highest BCUT2D eigenvalue weighted by Gasteiger charge is 2.20. The van der Waals surface area contributed by atoms with E-state index in [2.05, 4.69) is 17.3 Å². The van der Waals surface area contributed by atoms with Crippen LogP contribution < -0.4 is 14.8 Å². The van der Waals surface area contributed by atoms with Gasteiger partial charge in [0.15, 0.2) is 11.4 Å². The maximum atomic E-state index is 6.18. The highest BCUT2D eigenvalue weighted by Crippen LogP contribution is 2.37. The molecule has 1 N–H and O–H groups in total. The van der Waals surface area contributed by atoms with Crippen molar-refractivity contribution in [2.75, 3.05) is 12.4 Å². The van der Waals surface area contributed by atoms with Gasteiger partial charge in [-0.3, -0.25) is 4.40 Å². The molecule has 3 aromatic heterocycles. The van der Waals surface area contributed by atoms with Crippen LogP contribution in [0.3, 0.4) is 0 Å². The minimum absolute atomic E-state index is 0.462. The fraction of sp³-hybridized carbons (Fsp3) is 0.107. The number of anilines is 1. The first-order valence-electron chi connectivity index (χ1n) is 10.9. The molecule has 3 heterocycles. The molecule has 0 saturated carbocycles. The third kappa shape index (κ3) is 4.34. The number of terminal acetylenes is 1. The molecule has 0 aliphatic carbocycles. The van der Waals surface area contributed by atoms with Crippen molar-refractivity contribution in [3.63, 3.8) is 0 Å². The van der Waals surface area contributed by atoms with E-state index < -0.39 is 0 Å². The number of rotatable bonds is 8. The Labute approximate surface area is 202 Å². The van der Waals surface area contributed by atoms with Crippen LogP contribution in [0.1, 0.15) is 16.7 Å². The van der Waals surface area contributed by atoms with Gasteiger partial charge in [-0.25, -0.2) is 4.98 Å². The Morgan fingerprint density at radius 1 is 1.03 bits per heavy atom. The molecule has 0 radical (unpaired) electrons. The van der Waals surface area contributed by atoms with Crippen molar-refractivity contribution in [1.82, 2.24) is 9.38 Å². The molecule has 0 atom stereocenters. The summed E-state index contributed by atoms with van der Waals surface area (Å²) in [4.78, 5) is 5.94. The first-order chi connectivity index (χ1) is 16.8. The van der Waals surface area contributed by atoms with Gasteiger partial charge in [0.05, 0.1) is 12.0 Å². The number of ether oxygens (including phenoxy) is 2. The largest absolute Gasteiger partial charge is 0.497 e. The van der Waals surface area contributed by atoms with Gasteiger partial charge < -0.3 is 14.8 Å². The fourth-order valence-electron chi connectivity index (χ4n) is 3.79. The number of imidazole rings is 1. The predicted octanol–water partition coefficient (Wildman–Crippen LogP) is 6.24. The van der Waals surface area contributed by atoms with Crippen LogP contribution in [-0.4, -0.2) is 16.5 Å². The van der Waals surface area contributed by atoms with Crippen molar-refractivity contribution in [2.45, 2.75) is 13.2 Å². The normalized spacial score (nSPS) is 10.7. The van der Waals surface area contributed by atoms with Crippen LogP contribution in [0.15, 0.2) is 84.4 Å². The summed E-state index contributed by atoms with van der Waals surface area (Å²) in [6.07, 6.45) is 7.76. The molecule has 168 valence electrons. The highest BCUT2D eigenvalue weighted by molar-refractivity contribution is 7.13. The Balaban J connectivity index is 1.54. The molecule has 0 bridgehead atoms. The third-order valence-electron chi connectivity index (χ3n) is 5.48. The van der Waals surface area contributed by atoms with E-state index in [1.165, 1.54) is 0 Å². The molecule has 5 rings (SSSR count). The molecular formula is C28H23N3O2S. The summed E-state index contributed by atoms with van der Waals surface area (Å²) >= 11 is 1.58. The molecule has 5 aromatic rings. The molecule has 0 aliphatic rings. The minimum atomic E-state index is 0.462. The smallest absolute Gasteiger partial charge is 0.182 e. The quantitative estimate of drug-likeness (QED) is 0.276. The predicted molar refractivity (Wildman–Crippen MR) is 138 cm³/mol. The number of benzene rings is 2. The minimum Gasteiger partial charge on any atom is -0.497 e. The maximum Gasteiger partial charge on any atom is 0.182 e. The van der Waals surface area contributed by atoms with E-state index in [-0.39, 0.29) is 0 Å². The van der Waals surface area contributed by atoms with Crippen LogP contribution in [0, 0.1) is 12.3 Å². The highest BCUT2D eigenvalue weighted by atomic mass is 32.1. The Morgan fingerprint density at radius 2 is 1.88 bits per heavy atom. The number of methoxy groups -OCH3 is 1. The van der Waals surface area contributed by atoms with Gasteiger partial charge in [0.2, 0.25) is 0 Å². The van der Waals surface area contributed by atoms with Crippen LogP contribution in [-0.2, 0) is 13.2 Å². The standard InChI is InChI=1S/C28H23N3O2S/c1-3-22-14-16-34-26(22)25-28(29-18-21-11-7-12-23(17-21)32-2)31-15-8-13-24(27(31)30-25)33-19-20-9-5-4-6-10-20/h1,4-17,29H,18-19H2,2H3. The zero-order valence-electron chi connectivity index (χ0n) is 18.7. The van der Waals surface area contributed by atoms with Gasteiger partial charge in [-0.15, -0.1) is 17.8 Å². The summed E-state index contributed by atoms with van der Waals surface area (Å²) in [5.74, 6) is 5.17. The molecule has 2 aromatic carbocycles. The Bertz CT molecular complexity index is 1460. The fourth-order valence-corrected chi connectivity index (χ4v) is 4.64. The second-order valence-electron chi connectivity index (χ2n) is 7.66. The monoisotopic (exact) mass is 465 g/mol. The number of nitrogens with zero attached hydrogens (tertiary/aromatic N) is 2. The summed E-state index contributed by atoms with van der Waals surface area (Å²) in [5, 5.41) is 5.57. The summed E-state index contributed by atoms with van der Waals surface area (Å²) in [7, 11) is 1.67. The number of fused-ring (bicyclic) bond motifs is 1. The van der Waals surface area contributed by atoms with Crippen LogP contribution in [0.5, 0.6) is 11.5 Å². The average molecular weight is 466 g/mol. The first-order valence-corrected chi connectivity index (χ1v) is 11.7. The third-order valence-corrected chi connectivity index (χ3v) is 6.40. The molecule has 34 heavy (non-hydrogen) atoms. The second kappa shape index (κ2) is 9.74. The van der Waals surface area contributed by atoms with Gasteiger partial charge in [0, 0.05) is 18.3 Å². The molecule has 0 unspecified atom stereocenters. The molecule has 5 nitrogen and oxygen atoms in total. The van der Waals surface area contributed by atoms with E-state index in [9.17, 15) is 0 Å². The Hall–Kier alpha value is -4.21. The van der Waals surface area contributed by atoms with Crippen molar-refractivity contribution < 1.29 is 9.47 Å². The van der Waals surface area contributed by atoms with Crippen molar-refractivity contribution in [1.29, 1.82) is 0 Å². The van der Waals surface area contributed by atoms with Gasteiger partial charge in [0.1, 0.15) is 23.9 Å². The van der Waals surface area contributed by atoms with Crippen LogP contribution >= 0.6 is 11.3 Å². The molecular weight excluding hydrogens is 442 g/mol. The number of thiophene rings is 1. The van der Waals surface area contributed by atoms with Crippen molar-refractivity contribution in [2.24, 2.45) is 0 Å². The molecule has 0 saturated heterocycles. The number of hydrogen-bond acceptors (Lipinski definition) is 5. The van der Waals surface area contributed by atoms with E-state index in [0.29, 0.717) is 18.9 Å². The molecule has 6 heteroatoms. The van der Waals surface area contributed by atoms with Gasteiger partial charge in [-0.05, 0) is 46.8 Å². The van der Waals surface area contributed by atoms with E-state index in [1.807, 2.05) is 82.7 Å². The Kier molecular flexibility index (Phi) is 6.19. The zero-order valence-corrected chi connectivity index (χ0v) is 19.5. The number of hydrogen-bond donors (Lipinski definition) is 1. The summed E-state index contributed by atoms with van der Waals surface area (Å²) < 4.78 is 13.6. The SMILES string of the molecule is C#Cc1ccsc1-c1nc2c(OCc3ccccc3)cccn2c1NCc1cccc(OC)c1. The summed E-state index contributed by atoms with van der Waals surface area (Å²) in [5.41, 5.74) is 4.56. The van der Waals surface area contributed by atoms with E-state index in [1.54, 1.807) is 18.4 Å². The van der Waals surface area contributed by atoms with Gasteiger partial charge in [-0.2, -0.15) is 0 Å². The first kappa shape index (κ1) is 21.6. The summed E-state index contributed by atoms with van der Waals surface area (Å²) in [6, 6.07) is 23.9. The maximum absolute atomic E-state index is 6.18. The van der Waals surface area contributed by atoms with Gasteiger partial charge in [-0.1, -0.05) is 48.4 Å². The number of pyridine rings is 1. The van der Waals surface area contributed by atoms with Gasteiger partial charge in [0.25, 0.3) is 0 Å². The van der Waals surface area contributed by atoms with Gasteiger partial charge >= 0.3 is 0 Å². The zero-order chi connectivity index (χ0) is 23.3. The van der Waals surface area contributed by atoms with Crippen molar-refractivity contribution in [3.05, 3.63) is 101 Å². The van der Waals surface area contributed by atoms with Crippen LogP contribution in [0.2, 0.25) is 0 Å². The molecule has 0 spiro atoms. The van der Waals surface area contributed by atoms with Crippen LogP contribution in [0.25, 0.3) is 16.2 Å². The number of aromatic nitrogens is 2. The number of nitrogens with one attached hydrogen (secondary N) is 1. The topological polar surface area (TPSA) is 47.8 Å². The van der Waals surface area contributed by atoms with Crippen LogP contribution in [0.4, 0.5) is 5.82 Å². The second-order valence-corrected chi connectivity index (χ2v) is 8.58. The summed E-state index contributed by atoms with van der Waals surface area (Å²) in [6.45, 7) is 1.06. The lowest BCUT2D eigenvalue weighted by molar-refractivity contribution is 0.308. The van der Waals surface area contributed by atoms with E-state index in [4.69, 9.17) is 20.9 Å². The van der Waals surface area contributed by atoms with Crippen molar-refractivity contribution >= 4 is 22.8 Å². The Morgan fingerprint density at radius 3 is 2.71 bits per heavy atom. The lowest BCUT2D eigenvalue weighted by Crippen LogP contribution is -2.04. The van der Waals surface area contributed by atoms with E-state index in [0.717, 1.165) is 44.5 Å².